The molecule has 0 bridgehead atoms. The van der Waals surface area contributed by atoms with E-state index in [1.54, 1.807) is 43.3 Å². The number of nitrogens with zero attached hydrogens (tertiary/aromatic N) is 2. The fraction of sp³-hybridized carbons (Fsp3) is 0.188. The number of sulfonamides is 1. The van der Waals surface area contributed by atoms with Crippen molar-refractivity contribution in [3.8, 4) is 0 Å². The Labute approximate surface area is 277 Å². The average molecular weight is 693 g/mol. The van der Waals surface area contributed by atoms with Crippen molar-refractivity contribution in [2.24, 2.45) is 0 Å². The van der Waals surface area contributed by atoms with Crippen LogP contribution in [-0.4, -0.2) is 44.3 Å². The minimum Gasteiger partial charge on any atom is -0.355 e. The molecule has 0 spiro atoms. The Kier molecular flexibility index (Phi) is 11.6. The second-order valence-corrected chi connectivity index (χ2v) is 13.2. The summed E-state index contributed by atoms with van der Waals surface area (Å²) < 4.78 is 29.0. The zero-order chi connectivity index (χ0) is 31.9. The molecule has 0 unspecified atom stereocenters. The number of carbonyl (C=O) groups is 2. The van der Waals surface area contributed by atoms with E-state index in [0.717, 1.165) is 9.87 Å². The van der Waals surface area contributed by atoms with Crippen molar-refractivity contribution in [3.05, 3.63) is 128 Å². The highest BCUT2D eigenvalue weighted by Crippen LogP contribution is 2.36. The number of likely N-dealkylation sites (N-methyl/N-ethyl adjacent to an activating group) is 1. The number of nitrogens with one attached hydrogen (secondary N) is 1. The first-order valence-electron chi connectivity index (χ1n) is 13.6. The molecule has 4 aromatic carbocycles. The summed E-state index contributed by atoms with van der Waals surface area (Å²) in [7, 11) is -4.34. The van der Waals surface area contributed by atoms with Crippen LogP contribution in [0.25, 0.3) is 0 Å². The van der Waals surface area contributed by atoms with Crippen molar-refractivity contribution >= 4 is 73.9 Å². The molecule has 4 aromatic rings. The fourth-order valence-corrected chi connectivity index (χ4v) is 7.03. The predicted octanol–water partition coefficient (Wildman–Crippen LogP) is 7.27. The lowest BCUT2D eigenvalue weighted by Gasteiger charge is -2.34. The van der Waals surface area contributed by atoms with Gasteiger partial charge in [0.25, 0.3) is 10.0 Å². The van der Waals surface area contributed by atoms with Crippen molar-refractivity contribution in [3.63, 3.8) is 0 Å². The smallest absolute Gasteiger partial charge is 0.264 e. The van der Waals surface area contributed by atoms with Gasteiger partial charge in [-0.15, -0.1) is 0 Å². The first-order chi connectivity index (χ1) is 21.0. The Morgan fingerprint density at radius 2 is 1.34 bits per heavy atom. The maximum absolute atomic E-state index is 14.4. The minimum absolute atomic E-state index is 0.00437. The van der Waals surface area contributed by atoms with E-state index >= 15 is 0 Å². The number of amides is 2. The molecule has 0 saturated heterocycles. The molecule has 44 heavy (non-hydrogen) atoms. The van der Waals surface area contributed by atoms with Crippen molar-refractivity contribution in [1.82, 2.24) is 10.2 Å². The third-order valence-corrected chi connectivity index (χ3v) is 10.1. The molecule has 12 heteroatoms. The fourth-order valence-electron chi connectivity index (χ4n) is 4.62. The van der Waals surface area contributed by atoms with Gasteiger partial charge in [0.05, 0.1) is 20.6 Å². The van der Waals surface area contributed by atoms with Crippen molar-refractivity contribution < 1.29 is 18.0 Å². The molecular formula is C32H29Cl4N3O4S. The SMILES string of the molecule is CCNC(=O)[C@@H](Cc1ccccc1)N(Cc1c(Cl)cccc1Cl)C(=O)CN(c1cccc(Cl)c1Cl)S(=O)(=O)c1ccccc1. The Hall–Kier alpha value is -3.27. The van der Waals surface area contributed by atoms with Crippen LogP contribution in [0.1, 0.15) is 18.1 Å². The van der Waals surface area contributed by atoms with Gasteiger partial charge in [0.1, 0.15) is 12.6 Å². The van der Waals surface area contributed by atoms with Gasteiger partial charge in [-0.2, -0.15) is 0 Å². The van der Waals surface area contributed by atoms with Crippen molar-refractivity contribution in [2.75, 3.05) is 17.4 Å². The molecule has 0 aliphatic carbocycles. The zero-order valence-corrected chi connectivity index (χ0v) is 27.4. The van der Waals surface area contributed by atoms with Crippen LogP contribution in [0.2, 0.25) is 20.1 Å². The molecule has 0 fully saturated rings. The lowest BCUT2D eigenvalue weighted by Crippen LogP contribution is -2.53. The Bertz CT molecular complexity index is 1700. The Balaban J connectivity index is 1.85. The summed E-state index contributed by atoms with van der Waals surface area (Å²) in [6.45, 7) is 1.20. The number of benzene rings is 4. The van der Waals surface area contributed by atoms with Crippen LogP contribution in [0.5, 0.6) is 0 Å². The number of hydrogen-bond donors (Lipinski definition) is 1. The first-order valence-corrected chi connectivity index (χ1v) is 16.6. The highest BCUT2D eigenvalue weighted by atomic mass is 35.5. The Morgan fingerprint density at radius 3 is 1.95 bits per heavy atom. The van der Waals surface area contributed by atoms with E-state index in [1.807, 2.05) is 30.3 Å². The van der Waals surface area contributed by atoms with Gasteiger partial charge in [0.15, 0.2) is 0 Å². The molecule has 0 aromatic heterocycles. The van der Waals surface area contributed by atoms with Crippen LogP contribution >= 0.6 is 46.4 Å². The van der Waals surface area contributed by atoms with Gasteiger partial charge in [0, 0.05) is 35.1 Å². The van der Waals surface area contributed by atoms with Crippen LogP contribution in [0, 0.1) is 0 Å². The normalized spacial score (nSPS) is 11.9. The van der Waals surface area contributed by atoms with E-state index in [-0.39, 0.29) is 43.6 Å². The summed E-state index contributed by atoms with van der Waals surface area (Å²) in [5.74, 6) is -1.12. The topological polar surface area (TPSA) is 86.8 Å². The number of rotatable bonds is 12. The van der Waals surface area contributed by atoms with Crippen LogP contribution in [0.3, 0.4) is 0 Å². The highest BCUT2D eigenvalue weighted by Gasteiger charge is 2.35. The summed E-state index contributed by atoms with van der Waals surface area (Å²) >= 11 is 25.8. The molecule has 0 radical (unpaired) electrons. The second-order valence-electron chi connectivity index (χ2n) is 9.72. The number of carbonyl (C=O) groups excluding carboxylic acids is 2. The predicted molar refractivity (Wildman–Crippen MR) is 177 cm³/mol. The van der Waals surface area contributed by atoms with Gasteiger partial charge >= 0.3 is 0 Å². The molecule has 230 valence electrons. The van der Waals surface area contributed by atoms with Gasteiger partial charge in [-0.05, 0) is 48.9 Å². The first kappa shape index (κ1) is 33.6. The number of halogens is 4. The molecular weight excluding hydrogens is 664 g/mol. The minimum atomic E-state index is -4.34. The van der Waals surface area contributed by atoms with Crippen molar-refractivity contribution in [2.45, 2.75) is 30.8 Å². The largest absolute Gasteiger partial charge is 0.355 e. The van der Waals surface area contributed by atoms with Gasteiger partial charge in [-0.25, -0.2) is 8.42 Å². The molecule has 0 aliphatic rings. The molecule has 1 atom stereocenters. The van der Waals surface area contributed by atoms with Gasteiger partial charge in [-0.1, -0.05) is 107 Å². The molecule has 1 N–H and O–H groups in total. The van der Waals surface area contributed by atoms with E-state index < -0.39 is 34.4 Å². The lowest BCUT2D eigenvalue weighted by atomic mass is 10.0. The molecule has 0 saturated carbocycles. The highest BCUT2D eigenvalue weighted by molar-refractivity contribution is 7.92. The quantitative estimate of drug-likeness (QED) is 0.169. The molecule has 7 nitrogen and oxygen atoms in total. The summed E-state index contributed by atoms with van der Waals surface area (Å²) in [6.07, 6.45) is 0.143. The Morgan fingerprint density at radius 1 is 0.773 bits per heavy atom. The third kappa shape index (κ3) is 7.86. The third-order valence-electron chi connectivity index (χ3n) is 6.82. The second kappa shape index (κ2) is 15.1. The van der Waals surface area contributed by atoms with Crippen LogP contribution in [0.15, 0.2) is 102 Å². The van der Waals surface area contributed by atoms with E-state index in [9.17, 15) is 18.0 Å². The van der Waals surface area contributed by atoms with Gasteiger partial charge in [-0.3, -0.25) is 13.9 Å². The van der Waals surface area contributed by atoms with Crippen LogP contribution in [0.4, 0.5) is 5.69 Å². The summed E-state index contributed by atoms with van der Waals surface area (Å²) in [5.41, 5.74) is 1.20. The van der Waals surface area contributed by atoms with Crippen molar-refractivity contribution in [1.29, 1.82) is 0 Å². The maximum atomic E-state index is 14.4. The monoisotopic (exact) mass is 691 g/mol. The summed E-state index contributed by atoms with van der Waals surface area (Å²) in [6, 6.07) is 25.2. The zero-order valence-electron chi connectivity index (χ0n) is 23.6. The number of anilines is 1. The van der Waals surface area contributed by atoms with Crippen LogP contribution in [-0.2, 0) is 32.6 Å². The van der Waals surface area contributed by atoms with Gasteiger partial charge < -0.3 is 10.2 Å². The lowest BCUT2D eigenvalue weighted by molar-refractivity contribution is -0.140. The summed E-state index contributed by atoms with van der Waals surface area (Å²) in [4.78, 5) is 29.3. The van der Waals surface area contributed by atoms with E-state index in [1.165, 1.54) is 35.2 Å². The van der Waals surface area contributed by atoms with E-state index in [4.69, 9.17) is 46.4 Å². The maximum Gasteiger partial charge on any atom is 0.264 e. The molecule has 0 heterocycles. The molecule has 4 rings (SSSR count). The van der Waals surface area contributed by atoms with Gasteiger partial charge in [0.2, 0.25) is 11.8 Å². The van der Waals surface area contributed by atoms with Crippen LogP contribution < -0.4 is 9.62 Å². The molecule has 2 amide bonds. The van der Waals surface area contributed by atoms with E-state index in [2.05, 4.69) is 5.32 Å². The average Bonchev–Trinajstić information content (AvgIpc) is 3.01. The number of hydrogen-bond acceptors (Lipinski definition) is 4. The molecule has 0 aliphatic heterocycles. The van der Waals surface area contributed by atoms with E-state index in [0.29, 0.717) is 12.1 Å². The summed E-state index contributed by atoms with van der Waals surface area (Å²) in [5, 5.41) is 3.44. The standard InChI is InChI=1S/C32H29Cl4N3O4S/c1-2-37-32(41)29(19-22-11-5-3-6-12-22)38(20-24-25(33)15-9-16-26(24)34)30(40)21-39(28-18-10-17-27(35)31(28)36)44(42,43)23-13-7-4-8-14-23/h3-18,29H,2,19-21H2,1H3,(H,37,41)/t29-/m1/s1.